The van der Waals surface area contributed by atoms with Crippen LogP contribution < -0.4 is 4.74 Å². The summed E-state index contributed by atoms with van der Waals surface area (Å²) in [6, 6.07) is 11.5. The van der Waals surface area contributed by atoms with Crippen LogP contribution in [0.15, 0.2) is 53.9 Å². The van der Waals surface area contributed by atoms with Gasteiger partial charge in [0.1, 0.15) is 5.75 Å². The maximum atomic E-state index is 12.7. The first-order valence-electron chi connectivity index (χ1n) is 10.1. The predicted octanol–water partition coefficient (Wildman–Crippen LogP) is 3.69. The van der Waals surface area contributed by atoms with Gasteiger partial charge in [-0.05, 0) is 55.2 Å². The molecule has 4 rings (SSSR count). The topological polar surface area (TPSA) is 73.1 Å². The minimum Gasteiger partial charge on any atom is -0.497 e. The number of methoxy groups -OCH3 is 1. The van der Waals surface area contributed by atoms with Gasteiger partial charge in [0.15, 0.2) is 11.0 Å². The van der Waals surface area contributed by atoms with Crippen molar-refractivity contribution in [1.82, 2.24) is 24.6 Å². The average molecular weight is 424 g/mol. The second-order valence-electron chi connectivity index (χ2n) is 7.43. The van der Waals surface area contributed by atoms with E-state index in [2.05, 4.69) is 22.1 Å². The van der Waals surface area contributed by atoms with E-state index in [1.165, 1.54) is 11.8 Å². The van der Waals surface area contributed by atoms with Gasteiger partial charge < -0.3 is 9.64 Å². The van der Waals surface area contributed by atoms with Crippen molar-refractivity contribution in [1.29, 1.82) is 0 Å². The molecule has 0 radical (unpaired) electrons. The summed E-state index contributed by atoms with van der Waals surface area (Å²) in [5.74, 6) is 2.66. The van der Waals surface area contributed by atoms with Crippen LogP contribution >= 0.6 is 11.8 Å². The average Bonchev–Trinajstić information content (AvgIpc) is 3.22. The molecule has 0 spiro atoms. The Morgan fingerprint density at radius 2 is 1.93 bits per heavy atom. The van der Waals surface area contributed by atoms with Gasteiger partial charge in [-0.15, -0.1) is 10.2 Å². The normalized spacial score (nSPS) is 14.7. The van der Waals surface area contributed by atoms with Gasteiger partial charge in [-0.3, -0.25) is 14.3 Å². The number of nitrogens with zero attached hydrogens (tertiary/aromatic N) is 5. The number of thioether (sulfide) groups is 1. The summed E-state index contributed by atoms with van der Waals surface area (Å²) in [6.45, 7) is 3.92. The maximum Gasteiger partial charge on any atom is 0.233 e. The molecule has 1 saturated heterocycles. The monoisotopic (exact) mass is 423 g/mol. The Balaban J connectivity index is 1.59. The lowest BCUT2D eigenvalue weighted by Crippen LogP contribution is -2.38. The number of carbonyl (C=O) groups excluding carboxylic acids is 1. The number of aromatic nitrogens is 4. The van der Waals surface area contributed by atoms with Crippen LogP contribution in [0.3, 0.4) is 0 Å². The minimum atomic E-state index is 0.152. The van der Waals surface area contributed by atoms with Crippen molar-refractivity contribution in [3.8, 4) is 22.8 Å². The van der Waals surface area contributed by atoms with Gasteiger partial charge in [-0.25, -0.2) is 0 Å². The first-order chi connectivity index (χ1) is 14.7. The molecule has 3 heterocycles. The summed E-state index contributed by atoms with van der Waals surface area (Å²) in [5.41, 5.74) is 1.77. The molecule has 7 nitrogen and oxygen atoms in total. The van der Waals surface area contributed by atoms with E-state index in [0.717, 1.165) is 42.9 Å². The van der Waals surface area contributed by atoms with Crippen molar-refractivity contribution < 1.29 is 9.53 Å². The van der Waals surface area contributed by atoms with E-state index in [9.17, 15) is 4.79 Å². The third kappa shape index (κ3) is 4.48. The zero-order valence-corrected chi connectivity index (χ0v) is 18.0. The zero-order chi connectivity index (χ0) is 20.9. The van der Waals surface area contributed by atoms with E-state index in [1.807, 2.05) is 45.9 Å². The molecule has 0 saturated carbocycles. The molecule has 2 aromatic heterocycles. The van der Waals surface area contributed by atoms with E-state index >= 15 is 0 Å². The molecule has 1 aromatic carbocycles. The number of ether oxygens (including phenoxy) is 1. The summed E-state index contributed by atoms with van der Waals surface area (Å²) in [4.78, 5) is 18.9. The molecule has 8 heteroatoms. The summed E-state index contributed by atoms with van der Waals surface area (Å²) >= 11 is 1.42. The molecule has 0 aliphatic carbocycles. The molecule has 1 fully saturated rings. The lowest BCUT2D eigenvalue weighted by atomic mass is 9.99. The first kappa shape index (κ1) is 20.4. The number of hydrogen-bond donors (Lipinski definition) is 0. The Morgan fingerprint density at radius 1 is 1.17 bits per heavy atom. The molecule has 1 aliphatic heterocycles. The van der Waals surface area contributed by atoms with Crippen LogP contribution in [0.25, 0.3) is 17.1 Å². The summed E-state index contributed by atoms with van der Waals surface area (Å²) < 4.78 is 7.24. The van der Waals surface area contributed by atoms with Crippen LogP contribution in [0.2, 0.25) is 0 Å². The van der Waals surface area contributed by atoms with Crippen LogP contribution in [0, 0.1) is 5.92 Å². The SMILES string of the molecule is COc1ccc(-n2c(SCC(=O)N3CCC(C)CC3)nnc2-c2cccnc2)cc1. The molecule has 30 heavy (non-hydrogen) atoms. The second-order valence-corrected chi connectivity index (χ2v) is 8.38. The van der Waals surface area contributed by atoms with Crippen molar-refractivity contribution in [3.63, 3.8) is 0 Å². The zero-order valence-electron chi connectivity index (χ0n) is 17.2. The predicted molar refractivity (Wildman–Crippen MR) is 117 cm³/mol. The lowest BCUT2D eigenvalue weighted by Gasteiger charge is -2.30. The van der Waals surface area contributed by atoms with Gasteiger partial charge in [0.25, 0.3) is 0 Å². The fourth-order valence-corrected chi connectivity index (χ4v) is 4.34. The highest BCUT2D eigenvalue weighted by Gasteiger charge is 2.22. The minimum absolute atomic E-state index is 0.152. The van der Waals surface area contributed by atoms with E-state index < -0.39 is 0 Å². The smallest absolute Gasteiger partial charge is 0.233 e. The molecular formula is C22H25N5O2S. The van der Waals surface area contributed by atoms with Gasteiger partial charge >= 0.3 is 0 Å². The number of pyridine rings is 1. The summed E-state index contributed by atoms with van der Waals surface area (Å²) in [6.07, 6.45) is 5.64. The highest BCUT2D eigenvalue weighted by atomic mass is 32.2. The van der Waals surface area contributed by atoms with E-state index in [1.54, 1.807) is 19.5 Å². The quantitative estimate of drug-likeness (QED) is 0.563. The number of amides is 1. The van der Waals surface area contributed by atoms with Crippen LogP contribution in [0.4, 0.5) is 0 Å². The Labute approximate surface area is 180 Å². The van der Waals surface area contributed by atoms with E-state index in [0.29, 0.717) is 22.7 Å². The molecule has 156 valence electrons. The van der Waals surface area contributed by atoms with Gasteiger partial charge in [-0.1, -0.05) is 18.7 Å². The standard InChI is InChI=1S/C22H25N5O2S/c1-16-9-12-26(13-10-16)20(28)15-30-22-25-24-21(17-4-3-11-23-14-17)27(22)18-5-7-19(29-2)8-6-18/h3-8,11,14,16H,9-10,12-13,15H2,1-2H3. The molecule has 0 bridgehead atoms. The van der Waals surface area contributed by atoms with Gasteiger partial charge in [0.05, 0.1) is 12.9 Å². The lowest BCUT2D eigenvalue weighted by molar-refractivity contribution is -0.129. The highest BCUT2D eigenvalue weighted by molar-refractivity contribution is 7.99. The Hall–Kier alpha value is -2.87. The van der Waals surface area contributed by atoms with E-state index in [-0.39, 0.29) is 5.91 Å². The van der Waals surface area contributed by atoms with Crippen molar-refractivity contribution in [2.75, 3.05) is 26.0 Å². The summed E-state index contributed by atoms with van der Waals surface area (Å²) in [5, 5.41) is 9.47. The number of benzene rings is 1. The van der Waals surface area contributed by atoms with Crippen molar-refractivity contribution >= 4 is 17.7 Å². The number of rotatable bonds is 6. The fraction of sp³-hybridized carbons (Fsp3) is 0.364. The molecular weight excluding hydrogens is 398 g/mol. The van der Waals surface area contributed by atoms with Crippen LogP contribution in [0.1, 0.15) is 19.8 Å². The third-order valence-electron chi connectivity index (χ3n) is 5.34. The fourth-order valence-electron chi connectivity index (χ4n) is 3.49. The largest absolute Gasteiger partial charge is 0.497 e. The van der Waals surface area contributed by atoms with Gasteiger partial charge in [0, 0.05) is 36.7 Å². The number of piperidine rings is 1. The first-order valence-corrected chi connectivity index (χ1v) is 11.0. The second kappa shape index (κ2) is 9.30. The van der Waals surface area contributed by atoms with Gasteiger partial charge in [-0.2, -0.15) is 0 Å². The van der Waals surface area contributed by atoms with Crippen LogP contribution in [-0.2, 0) is 4.79 Å². The number of hydrogen-bond acceptors (Lipinski definition) is 6. The molecule has 1 aliphatic rings. The van der Waals surface area contributed by atoms with Crippen LogP contribution in [0.5, 0.6) is 5.75 Å². The van der Waals surface area contributed by atoms with Crippen molar-refractivity contribution in [2.24, 2.45) is 5.92 Å². The summed E-state index contributed by atoms with van der Waals surface area (Å²) in [7, 11) is 1.64. The van der Waals surface area contributed by atoms with Crippen LogP contribution in [-0.4, -0.2) is 56.5 Å². The molecule has 1 amide bonds. The van der Waals surface area contributed by atoms with Gasteiger partial charge in [0.2, 0.25) is 5.91 Å². The molecule has 0 atom stereocenters. The Kier molecular flexibility index (Phi) is 6.32. The maximum absolute atomic E-state index is 12.7. The molecule has 0 N–H and O–H groups in total. The van der Waals surface area contributed by atoms with E-state index in [4.69, 9.17) is 4.74 Å². The number of likely N-dealkylation sites (tertiary alicyclic amines) is 1. The highest BCUT2D eigenvalue weighted by Crippen LogP contribution is 2.29. The molecule has 3 aromatic rings. The van der Waals surface area contributed by atoms with Crippen molar-refractivity contribution in [3.05, 3.63) is 48.8 Å². The third-order valence-corrected chi connectivity index (χ3v) is 6.26. The number of carbonyl (C=O) groups is 1. The molecule has 0 unspecified atom stereocenters. The Bertz CT molecular complexity index is 983. The van der Waals surface area contributed by atoms with Crippen molar-refractivity contribution in [2.45, 2.75) is 24.9 Å². The Morgan fingerprint density at radius 3 is 2.60 bits per heavy atom.